The first-order valence-electron chi connectivity index (χ1n) is 33.1. The van der Waals surface area contributed by atoms with Gasteiger partial charge in [0.05, 0.1) is 0 Å². The SMILES string of the molecule is CCCCC/C=C\C/C=C\CCCCCCCC(=O)[O-].CCCCC/C=C\C/C=C\CCCCCCCC(=O)[O-].CCCCC/C=C\C/C=C\CCCCCCCC(=O)[O-].CCCCC/C=C\C/C=C\CCCCCCCC(=O)[O-].[Ce+4]. The van der Waals surface area contributed by atoms with E-state index < -0.39 is 23.9 Å². The summed E-state index contributed by atoms with van der Waals surface area (Å²) in [5.74, 6) is -3.68. The molecule has 0 aromatic rings. The Hall–Kier alpha value is -2.82. The van der Waals surface area contributed by atoms with E-state index in [1.165, 1.54) is 154 Å². The average Bonchev–Trinajstić information content (AvgIpc) is 3.43. The summed E-state index contributed by atoms with van der Waals surface area (Å²) in [6, 6.07) is 0. The summed E-state index contributed by atoms with van der Waals surface area (Å²) >= 11 is 0. The number of carbonyl (C=O) groups excluding carboxylic acids is 4. The molecule has 0 aliphatic carbocycles. The Labute approximate surface area is 534 Å². The van der Waals surface area contributed by atoms with Crippen molar-refractivity contribution in [1.29, 1.82) is 0 Å². The Morgan fingerprint density at radius 2 is 0.346 bits per heavy atom. The largest absolute Gasteiger partial charge is 4.00 e. The van der Waals surface area contributed by atoms with Crippen LogP contribution >= 0.6 is 0 Å². The number of hydrogen-bond acceptors (Lipinski definition) is 8. The molecule has 0 atom stereocenters. The molecule has 0 aromatic carbocycles. The van der Waals surface area contributed by atoms with Crippen molar-refractivity contribution in [2.24, 2.45) is 0 Å². The Balaban J connectivity index is -0.000000316. The quantitative estimate of drug-likeness (QED) is 0.0430. The van der Waals surface area contributed by atoms with Gasteiger partial charge in [-0.1, -0.05) is 253 Å². The third kappa shape index (κ3) is 103. The molecule has 0 bridgehead atoms. The maximum atomic E-state index is 10.2. The summed E-state index contributed by atoms with van der Waals surface area (Å²) in [6.45, 7) is 8.93. The normalized spacial score (nSPS) is 11.5. The molecule has 0 radical (unpaired) electrons. The van der Waals surface area contributed by atoms with Crippen molar-refractivity contribution >= 4 is 23.9 Å². The zero-order valence-electron chi connectivity index (χ0n) is 52.9. The van der Waals surface area contributed by atoms with E-state index in [-0.39, 0.29) is 67.4 Å². The van der Waals surface area contributed by atoms with Crippen LogP contribution in [0.4, 0.5) is 0 Å². The van der Waals surface area contributed by atoms with E-state index in [2.05, 4.69) is 125 Å². The second kappa shape index (κ2) is 83.6. The van der Waals surface area contributed by atoms with Gasteiger partial charge < -0.3 is 39.6 Å². The van der Waals surface area contributed by atoms with Crippen LogP contribution in [0, 0.1) is 41.7 Å². The van der Waals surface area contributed by atoms with Crippen LogP contribution in [0.2, 0.25) is 0 Å². The average molecular weight is 1260 g/mol. The zero-order valence-corrected chi connectivity index (χ0v) is 56.1. The standard InChI is InChI=1S/4C18H32O2.Ce/c4*1-2-3-4-5-6-7-8-9-10-11-12-13-14-15-16-17-18(19)20;/h4*6-7,9-10H,2-5,8,11-17H2,1H3,(H,19,20);/q;;;;+4/p-4/b4*7-6-,10-9-;. The van der Waals surface area contributed by atoms with Crippen LogP contribution < -0.4 is 20.4 Å². The molecule has 0 amide bonds. The molecule has 0 fully saturated rings. The summed E-state index contributed by atoms with van der Waals surface area (Å²) in [6.07, 6.45) is 87.8. The van der Waals surface area contributed by atoms with E-state index in [0.717, 1.165) is 128 Å². The van der Waals surface area contributed by atoms with Crippen molar-refractivity contribution in [2.75, 3.05) is 0 Å². The van der Waals surface area contributed by atoms with Gasteiger partial charge in [-0.3, -0.25) is 0 Å². The van der Waals surface area contributed by atoms with E-state index in [4.69, 9.17) is 0 Å². The Kier molecular flexibility index (Phi) is 89.8. The number of allylic oxidation sites excluding steroid dienone is 16. The smallest absolute Gasteiger partial charge is 0.550 e. The van der Waals surface area contributed by atoms with Gasteiger partial charge in [0, 0.05) is 23.9 Å². The van der Waals surface area contributed by atoms with Gasteiger partial charge in [-0.15, -0.1) is 0 Å². The number of carbonyl (C=O) groups is 4. The Morgan fingerprint density at radius 3 is 0.494 bits per heavy atom. The van der Waals surface area contributed by atoms with Crippen molar-refractivity contribution in [3.63, 3.8) is 0 Å². The minimum atomic E-state index is -0.921. The topological polar surface area (TPSA) is 161 Å². The molecule has 0 N–H and O–H groups in total. The van der Waals surface area contributed by atoms with E-state index in [9.17, 15) is 39.6 Å². The van der Waals surface area contributed by atoms with Crippen LogP contribution in [0.1, 0.15) is 336 Å². The summed E-state index contributed by atoms with van der Waals surface area (Å²) in [5.41, 5.74) is 0. The molecule has 8 nitrogen and oxygen atoms in total. The summed E-state index contributed by atoms with van der Waals surface area (Å²) < 4.78 is 0. The van der Waals surface area contributed by atoms with Crippen molar-refractivity contribution in [3.8, 4) is 0 Å². The molecule has 81 heavy (non-hydrogen) atoms. The minimum Gasteiger partial charge on any atom is -0.550 e. The van der Waals surface area contributed by atoms with Crippen LogP contribution in [-0.4, -0.2) is 23.9 Å². The summed E-state index contributed by atoms with van der Waals surface area (Å²) in [7, 11) is 0. The second-order valence-corrected chi connectivity index (χ2v) is 21.4. The molecule has 0 heterocycles. The Morgan fingerprint density at radius 1 is 0.210 bits per heavy atom. The molecule has 9 heteroatoms. The molecule has 0 spiro atoms. The van der Waals surface area contributed by atoms with Crippen LogP contribution in [0.3, 0.4) is 0 Å². The van der Waals surface area contributed by atoms with Gasteiger partial charge in [0.2, 0.25) is 0 Å². The van der Waals surface area contributed by atoms with Crippen LogP contribution in [0.25, 0.3) is 0 Å². The third-order valence-electron chi connectivity index (χ3n) is 13.3. The number of carboxylic acids is 4. The third-order valence-corrected chi connectivity index (χ3v) is 13.3. The van der Waals surface area contributed by atoms with Crippen LogP contribution in [0.15, 0.2) is 97.2 Å². The van der Waals surface area contributed by atoms with Gasteiger partial charge in [0.15, 0.2) is 0 Å². The van der Waals surface area contributed by atoms with Crippen molar-refractivity contribution < 1.29 is 81.4 Å². The van der Waals surface area contributed by atoms with E-state index in [0.29, 0.717) is 0 Å². The predicted octanol–water partition coefficient (Wildman–Crippen LogP) is 18.2. The maximum Gasteiger partial charge on any atom is 4.00 e. The Bertz CT molecular complexity index is 1300. The second-order valence-electron chi connectivity index (χ2n) is 21.4. The number of unbranched alkanes of at least 4 members (excludes halogenated alkanes) is 32. The number of aliphatic carboxylic acids is 4. The first-order valence-corrected chi connectivity index (χ1v) is 33.1. The van der Waals surface area contributed by atoms with Gasteiger partial charge in [-0.2, -0.15) is 0 Å². The molecule has 0 aliphatic rings. The van der Waals surface area contributed by atoms with Gasteiger partial charge in [0.25, 0.3) is 0 Å². The van der Waals surface area contributed by atoms with E-state index >= 15 is 0 Å². The van der Waals surface area contributed by atoms with Gasteiger partial charge >= 0.3 is 41.7 Å². The molecule has 0 aliphatic heterocycles. The fourth-order valence-electron chi connectivity index (χ4n) is 8.32. The van der Waals surface area contributed by atoms with E-state index in [1.807, 2.05) is 0 Å². The predicted molar refractivity (Wildman–Crippen MR) is 337 cm³/mol. The molecular weight excluding hydrogens is 1130 g/mol. The van der Waals surface area contributed by atoms with Crippen molar-refractivity contribution in [2.45, 2.75) is 336 Å². The van der Waals surface area contributed by atoms with Crippen molar-refractivity contribution in [1.82, 2.24) is 0 Å². The minimum absolute atomic E-state index is 0. The van der Waals surface area contributed by atoms with Gasteiger partial charge in [-0.25, -0.2) is 0 Å². The molecule has 0 unspecified atom stereocenters. The number of rotatable bonds is 56. The molecule has 0 aromatic heterocycles. The van der Waals surface area contributed by atoms with Gasteiger partial charge in [0.1, 0.15) is 0 Å². The fourth-order valence-corrected chi connectivity index (χ4v) is 8.32. The monoisotopic (exact) mass is 1260 g/mol. The number of carboxylic acid groups (broad SMARTS) is 4. The molecular formula is C72H124CeO8. The zero-order chi connectivity index (χ0) is 59.6. The molecule has 0 saturated carbocycles. The van der Waals surface area contributed by atoms with Crippen molar-refractivity contribution in [3.05, 3.63) is 97.2 Å². The van der Waals surface area contributed by atoms with Crippen LogP contribution in [0.5, 0.6) is 0 Å². The molecule has 0 saturated heterocycles. The summed E-state index contributed by atoms with van der Waals surface area (Å²) in [5, 5.41) is 40.8. The summed E-state index contributed by atoms with van der Waals surface area (Å²) in [4.78, 5) is 40.8. The first-order chi connectivity index (χ1) is 39.1. The van der Waals surface area contributed by atoms with E-state index in [1.54, 1.807) is 0 Å². The molecule has 464 valence electrons. The fraction of sp³-hybridized carbons (Fsp3) is 0.722. The first kappa shape index (κ1) is 87.0. The van der Waals surface area contributed by atoms with Crippen LogP contribution in [-0.2, 0) is 19.2 Å². The maximum absolute atomic E-state index is 10.2. The number of hydrogen-bond donors (Lipinski definition) is 0. The molecule has 0 rings (SSSR count). The van der Waals surface area contributed by atoms with Gasteiger partial charge in [-0.05, 0) is 180 Å².